The van der Waals surface area contributed by atoms with Gasteiger partial charge in [0.1, 0.15) is 5.82 Å². The maximum atomic E-state index is 13.5. The third-order valence-electron chi connectivity index (χ3n) is 3.87. The Bertz CT molecular complexity index is 543. The van der Waals surface area contributed by atoms with Crippen molar-refractivity contribution >= 4 is 11.7 Å². The van der Waals surface area contributed by atoms with Crippen molar-refractivity contribution in [1.29, 1.82) is 0 Å². The van der Waals surface area contributed by atoms with E-state index in [0.29, 0.717) is 18.9 Å². The summed E-state index contributed by atoms with van der Waals surface area (Å²) in [5, 5.41) is 21.7. The number of carbonyl (C=O) groups is 1. The van der Waals surface area contributed by atoms with E-state index in [-0.39, 0.29) is 25.1 Å². The summed E-state index contributed by atoms with van der Waals surface area (Å²) in [4.78, 5) is 10.8. The van der Waals surface area contributed by atoms with Gasteiger partial charge in [-0.2, -0.15) is 0 Å². The van der Waals surface area contributed by atoms with Crippen LogP contribution in [-0.2, 0) is 4.79 Å². The van der Waals surface area contributed by atoms with Crippen LogP contribution in [0.1, 0.15) is 25.7 Å². The van der Waals surface area contributed by atoms with Gasteiger partial charge in [0.15, 0.2) is 11.6 Å². The minimum atomic E-state index is -1.31. The Balaban J connectivity index is 1.99. The summed E-state index contributed by atoms with van der Waals surface area (Å²) in [6, 6.07) is 1.25. The maximum Gasteiger partial charge on any atom is 0.306 e. The molecule has 1 aliphatic carbocycles. The molecule has 116 valence electrons. The van der Waals surface area contributed by atoms with Crippen LogP contribution in [0.4, 0.5) is 18.9 Å². The number of benzene rings is 1. The van der Waals surface area contributed by atoms with Crippen LogP contribution in [0.25, 0.3) is 0 Å². The van der Waals surface area contributed by atoms with Crippen molar-refractivity contribution in [3.63, 3.8) is 0 Å². The molecule has 0 aliphatic heterocycles. The normalized spacial score (nSPS) is 25.6. The first kappa shape index (κ1) is 15.6. The van der Waals surface area contributed by atoms with E-state index in [1.807, 2.05) is 0 Å². The molecule has 7 heteroatoms. The van der Waals surface area contributed by atoms with Crippen molar-refractivity contribution in [3.05, 3.63) is 29.6 Å². The van der Waals surface area contributed by atoms with E-state index in [0.717, 1.165) is 6.07 Å². The standard InChI is InChI=1S/C14H16F3NO3/c15-9-5-10(16)12(17)11(6-9)18-7-14(21)3-1-8(2-4-14)13(19)20/h5-6,8,18,21H,1-4,7H2,(H,19,20). The van der Waals surface area contributed by atoms with Crippen LogP contribution in [0, 0.1) is 23.4 Å². The number of hydrogen-bond acceptors (Lipinski definition) is 3. The van der Waals surface area contributed by atoms with Crippen molar-refractivity contribution in [1.82, 2.24) is 0 Å². The maximum absolute atomic E-state index is 13.5. The zero-order valence-corrected chi connectivity index (χ0v) is 11.2. The van der Waals surface area contributed by atoms with Gasteiger partial charge >= 0.3 is 5.97 Å². The Hall–Kier alpha value is -1.76. The zero-order chi connectivity index (χ0) is 15.6. The molecule has 3 N–H and O–H groups in total. The monoisotopic (exact) mass is 303 g/mol. The Kier molecular flexibility index (Phi) is 4.41. The largest absolute Gasteiger partial charge is 0.481 e. The third-order valence-corrected chi connectivity index (χ3v) is 3.87. The number of aliphatic carboxylic acids is 1. The molecule has 0 spiro atoms. The molecule has 0 atom stereocenters. The van der Waals surface area contributed by atoms with Crippen molar-refractivity contribution in [2.45, 2.75) is 31.3 Å². The average Bonchev–Trinajstić information content (AvgIpc) is 2.42. The van der Waals surface area contributed by atoms with Crippen molar-refractivity contribution < 1.29 is 28.2 Å². The number of carboxylic acids is 1. The summed E-state index contributed by atoms with van der Waals surface area (Å²) in [6.07, 6.45) is 1.09. The van der Waals surface area contributed by atoms with Crippen LogP contribution in [0.2, 0.25) is 0 Å². The first-order valence-corrected chi connectivity index (χ1v) is 6.64. The Morgan fingerprint density at radius 2 is 1.90 bits per heavy atom. The predicted octanol–water partition coefficient (Wildman–Crippen LogP) is 2.52. The van der Waals surface area contributed by atoms with Crippen molar-refractivity contribution in [2.75, 3.05) is 11.9 Å². The van der Waals surface area contributed by atoms with Crippen molar-refractivity contribution in [2.24, 2.45) is 5.92 Å². The van der Waals surface area contributed by atoms with Gasteiger partial charge in [-0.15, -0.1) is 0 Å². The summed E-state index contributed by atoms with van der Waals surface area (Å²) >= 11 is 0. The Labute approximate surface area is 119 Å². The molecule has 0 amide bonds. The molecular weight excluding hydrogens is 287 g/mol. The third kappa shape index (κ3) is 3.66. The van der Waals surface area contributed by atoms with Gasteiger partial charge in [0.25, 0.3) is 0 Å². The van der Waals surface area contributed by atoms with Crippen LogP contribution in [0.5, 0.6) is 0 Å². The lowest BCUT2D eigenvalue weighted by molar-refractivity contribution is -0.144. The molecule has 0 heterocycles. The SMILES string of the molecule is O=C(O)C1CCC(O)(CNc2cc(F)cc(F)c2F)CC1. The number of rotatable bonds is 4. The molecule has 0 saturated heterocycles. The topological polar surface area (TPSA) is 69.6 Å². The van der Waals surface area contributed by atoms with E-state index in [4.69, 9.17) is 5.11 Å². The highest BCUT2D eigenvalue weighted by Gasteiger charge is 2.35. The lowest BCUT2D eigenvalue weighted by atomic mass is 9.79. The molecule has 1 aromatic carbocycles. The summed E-state index contributed by atoms with van der Waals surface area (Å²) in [6.45, 7) is -0.0981. The number of nitrogens with one attached hydrogen (secondary N) is 1. The van der Waals surface area contributed by atoms with E-state index in [9.17, 15) is 23.1 Å². The summed E-state index contributed by atoms with van der Waals surface area (Å²) in [5.41, 5.74) is -1.57. The lowest BCUT2D eigenvalue weighted by Crippen LogP contribution is -2.42. The molecule has 1 saturated carbocycles. The van der Waals surface area contributed by atoms with Gasteiger partial charge in [0.05, 0.1) is 17.2 Å². The lowest BCUT2D eigenvalue weighted by Gasteiger charge is -2.35. The molecule has 1 aromatic rings. The van der Waals surface area contributed by atoms with Gasteiger partial charge < -0.3 is 15.5 Å². The molecule has 0 aromatic heterocycles. The number of aliphatic hydroxyl groups is 1. The molecule has 0 radical (unpaired) electrons. The quantitative estimate of drug-likeness (QED) is 0.748. The van der Waals surface area contributed by atoms with E-state index in [1.165, 1.54) is 0 Å². The number of anilines is 1. The first-order valence-electron chi connectivity index (χ1n) is 6.64. The van der Waals surface area contributed by atoms with Gasteiger partial charge in [-0.3, -0.25) is 4.79 Å². The minimum Gasteiger partial charge on any atom is -0.481 e. The fourth-order valence-corrected chi connectivity index (χ4v) is 2.52. The molecule has 0 unspecified atom stereocenters. The summed E-state index contributed by atoms with van der Waals surface area (Å²) < 4.78 is 39.6. The first-order chi connectivity index (χ1) is 9.81. The molecule has 21 heavy (non-hydrogen) atoms. The highest BCUT2D eigenvalue weighted by atomic mass is 19.2. The molecule has 2 rings (SSSR count). The molecule has 1 aliphatic rings. The highest BCUT2D eigenvalue weighted by Crippen LogP contribution is 2.33. The molecule has 4 nitrogen and oxygen atoms in total. The predicted molar refractivity (Wildman–Crippen MR) is 69.3 cm³/mol. The number of carboxylic acid groups (broad SMARTS) is 1. The van der Waals surface area contributed by atoms with Gasteiger partial charge in [-0.25, -0.2) is 13.2 Å². The second-order valence-electron chi connectivity index (χ2n) is 5.44. The van der Waals surface area contributed by atoms with Gasteiger partial charge in [0.2, 0.25) is 0 Å². The smallest absolute Gasteiger partial charge is 0.306 e. The Morgan fingerprint density at radius 3 is 2.48 bits per heavy atom. The fourth-order valence-electron chi connectivity index (χ4n) is 2.52. The highest BCUT2D eigenvalue weighted by molar-refractivity contribution is 5.70. The van der Waals surface area contributed by atoms with Gasteiger partial charge in [-0.05, 0) is 25.7 Å². The van der Waals surface area contributed by atoms with Crippen LogP contribution in [-0.4, -0.2) is 28.3 Å². The van der Waals surface area contributed by atoms with Crippen LogP contribution in [0.15, 0.2) is 12.1 Å². The second kappa shape index (κ2) is 5.93. The van der Waals surface area contributed by atoms with Gasteiger partial charge in [0, 0.05) is 18.7 Å². The number of hydrogen-bond donors (Lipinski definition) is 3. The van der Waals surface area contributed by atoms with Crippen LogP contribution in [0.3, 0.4) is 0 Å². The van der Waals surface area contributed by atoms with E-state index in [1.54, 1.807) is 0 Å². The average molecular weight is 303 g/mol. The summed E-state index contributed by atoms with van der Waals surface area (Å²) in [7, 11) is 0. The van der Waals surface area contributed by atoms with E-state index in [2.05, 4.69) is 5.32 Å². The Morgan fingerprint density at radius 1 is 1.29 bits per heavy atom. The molecular formula is C14H16F3NO3. The zero-order valence-electron chi connectivity index (χ0n) is 11.2. The summed E-state index contributed by atoms with van der Waals surface area (Å²) in [5.74, 6) is -4.83. The van der Waals surface area contributed by atoms with Gasteiger partial charge in [-0.1, -0.05) is 0 Å². The molecule has 1 fully saturated rings. The van der Waals surface area contributed by atoms with Crippen molar-refractivity contribution in [3.8, 4) is 0 Å². The van der Waals surface area contributed by atoms with E-state index < -0.39 is 34.9 Å². The van der Waals surface area contributed by atoms with Crippen LogP contribution < -0.4 is 5.32 Å². The van der Waals surface area contributed by atoms with Crippen LogP contribution >= 0.6 is 0 Å². The minimum absolute atomic E-state index is 0.0981. The number of halogens is 3. The van der Waals surface area contributed by atoms with E-state index >= 15 is 0 Å². The second-order valence-corrected chi connectivity index (χ2v) is 5.44. The molecule has 0 bridgehead atoms. The fraction of sp³-hybridized carbons (Fsp3) is 0.500.